The van der Waals surface area contributed by atoms with E-state index in [9.17, 15) is 30.4 Å². The van der Waals surface area contributed by atoms with Gasteiger partial charge in [0, 0.05) is 66.7 Å². The van der Waals surface area contributed by atoms with Gasteiger partial charge in [-0.05, 0) is 30.3 Å². The van der Waals surface area contributed by atoms with Gasteiger partial charge in [-0.2, -0.15) is 13.2 Å². The first-order valence-electron chi connectivity index (χ1n) is 12.5. The number of aliphatic carboxylic acids is 1. The molecule has 1 saturated heterocycles. The van der Waals surface area contributed by atoms with E-state index in [0.717, 1.165) is 54.8 Å². The molecule has 2 aromatic heterocycles. The number of rotatable bonds is 6. The van der Waals surface area contributed by atoms with Gasteiger partial charge in [-0.3, -0.25) is 9.71 Å². The fraction of sp³-hybridized carbons (Fsp3) is 0.222. The van der Waals surface area contributed by atoms with Gasteiger partial charge in [0.1, 0.15) is 22.2 Å². The number of hydrogen-bond donors (Lipinski definition) is 3. The average molecular weight is 626 g/mol. The summed E-state index contributed by atoms with van der Waals surface area (Å²) in [5.41, 5.74) is 2.20. The zero-order valence-corrected chi connectivity index (χ0v) is 23.1. The van der Waals surface area contributed by atoms with Crippen LogP contribution in [-0.4, -0.2) is 68.9 Å². The molecule has 43 heavy (non-hydrogen) atoms. The van der Waals surface area contributed by atoms with Crippen LogP contribution >= 0.6 is 0 Å². The fourth-order valence-electron chi connectivity index (χ4n) is 4.21. The van der Waals surface area contributed by atoms with Crippen molar-refractivity contribution in [1.82, 2.24) is 15.3 Å². The van der Waals surface area contributed by atoms with E-state index in [2.05, 4.69) is 31.0 Å². The lowest BCUT2D eigenvalue weighted by Gasteiger charge is -2.30. The lowest BCUT2D eigenvalue weighted by molar-refractivity contribution is -0.192. The zero-order chi connectivity index (χ0) is 31.4. The Morgan fingerprint density at radius 3 is 2.37 bits per heavy atom. The number of ether oxygens (including phenoxy) is 1. The molecular weight excluding hydrogens is 601 g/mol. The molecule has 1 aliphatic rings. The number of aromatic nitrogens is 2. The van der Waals surface area contributed by atoms with Crippen LogP contribution in [0.5, 0.6) is 5.88 Å². The molecule has 0 aliphatic carbocycles. The number of halogens is 5. The van der Waals surface area contributed by atoms with Crippen LogP contribution in [0.25, 0.3) is 22.0 Å². The fourth-order valence-corrected chi connectivity index (χ4v) is 5.32. The van der Waals surface area contributed by atoms with E-state index < -0.39 is 38.7 Å². The van der Waals surface area contributed by atoms with E-state index in [1.165, 1.54) is 19.4 Å². The normalized spacial score (nSPS) is 13.7. The predicted molar refractivity (Wildman–Crippen MR) is 147 cm³/mol. The molecule has 16 heteroatoms. The molecule has 1 fully saturated rings. The van der Waals surface area contributed by atoms with Crippen molar-refractivity contribution < 1.29 is 45.0 Å². The van der Waals surface area contributed by atoms with Gasteiger partial charge in [0.15, 0.2) is 0 Å². The zero-order valence-electron chi connectivity index (χ0n) is 22.3. The quantitative estimate of drug-likeness (QED) is 0.266. The van der Waals surface area contributed by atoms with Crippen LogP contribution in [0.3, 0.4) is 0 Å². The van der Waals surface area contributed by atoms with E-state index in [1.54, 1.807) is 6.20 Å². The molecule has 228 valence electrons. The van der Waals surface area contributed by atoms with Gasteiger partial charge in [0.05, 0.1) is 12.8 Å². The Morgan fingerprint density at radius 1 is 1.05 bits per heavy atom. The van der Waals surface area contributed by atoms with Gasteiger partial charge < -0.3 is 20.1 Å². The molecular formula is C27H24F5N5O5S. The van der Waals surface area contributed by atoms with Crippen LogP contribution in [-0.2, 0) is 14.8 Å². The molecule has 0 radical (unpaired) electrons. The Morgan fingerprint density at radius 2 is 1.74 bits per heavy atom. The maximum atomic E-state index is 14.2. The maximum absolute atomic E-state index is 14.2. The number of sulfonamides is 1. The highest BCUT2D eigenvalue weighted by molar-refractivity contribution is 7.92. The van der Waals surface area contributed by atoms with E-state index in [4.69, 9.17) is 14.6 Å². The Kier molecular flexibility index (Phi) is 9.30. The third kappa shape index (κ3) is 7.45. The van der Waals surface area contributed by atoms with Gasteiger partial charge in [-0.25, -0.2) is 27.0 Å². The summed E-state index contributed by atoms with van der Waals surface area (Å²) in [6.45, 7) is 3.56. The Hall–Kier alpha value is -4.57. The molecule has 1 aliphatic heterocycles. The van der Waals surface area contributed by atoms with Crippen molar-refractivity contribution in [2.24, 2.45) is 0 Å². The summed E-state index contributed by atoms with van der Waals surface area (Å²) in [4.78, 5) is 19.3. The Balaban J connectivity index is 0.000000541. The number of hydrogen-bond acceptors (Lipinski definition) is 8. The number of carboxylic acid groups (broad SMARTS) is 1. The van der Waals surface area contributed by atoms with Gasteiger partial charge >= 0.3 is 12.1 Å². The second-order valence-corrected chi connectivity index (χ2v) is 10.7. The summed E-state index contributed by atoms with van der Waals surface area (Å²) in [5.74, 6) is -4.85. The summed E-state index contributed by atoms with van der Waals surface area (Å²) in [6.07, 6.45) is -1.80. The lowest BCUT2D eigenvalue weighted by atomic mass is 10.1. The van der Waals surface area contributed by atoms with Crippen LogP contribution < -0.4 is 19.7 Å². The Bertz CT molecular complexity index is 1750. The van der Waals surface area contributed by atoms with Crippen molar-refractivity contribution >= 4 is 38.1 Å². The minimum absolute atomic E-state index is 0.00369. The number of nitrogens with one attached hydrogen (secondary N) is 2. The first kappa shape index (κ1) is 31.4. The molecule has 10 nitrogen and oxygen atoms in total. The summed E-state index contributed by atoms with van der Waals surface area (Å²) in [5, 5.41) is 12.5. The predicted octanol–water partition coefficient (Wildman–Crippen LogP) is 4.43. The first-order valence-corrected chi connectivity index (χ1v) is 14.0. The second-order valence-electron chi connectivity index (χ2n) is 9.07. The summed E-state index contributed by atoms with van der Waals surface area (Å²) >= 11 is 0. The molecule has 0 amide bonds. The third-order valence-electron chi connectivity index (χ3n) is 6.21. The summed E-state index contributed by atoms with van der Waals surface area (Å²) < 4.78 is 92.4. The number of alkyl halides is 3. The van der Waals surface area contributed by atoms with E-state index >= 15 is 0 Å². The number of fused-ring (bicyclic) bond motifs is 1. The number of benzene rings is 2. The third-order valence-corrected chi connectivity index (χ3v) is 7.61. The highest BCUT2D eigenvalue weighted by Crippen LogP contribution is 2.33. The highest BCUT2D eigenvalue weighted by Gasteiger charge is 2.38. The monoisotopic (exact) mass is 625 g/mol. The molecule has 0 bridgehead atoms. The Labute approximate surface area is 242 Å². The highest BCUT2D eigenvalue weighted by atomic mass is 32.2. The van der Waals surface area contributed by atoms with Crippen molar-refractivity contribution in [1.29, 1.82) is 0 Å². The minimum atomic E-state index is -5.08. The smallest absolute Gasteiger partial charge is 0.480 e. The lowest BCUT2D eigenvalue weighted by Crippen LogP contribution is -2.43. The van der Waals surface area contributed by atoms with Crippen molar-refractivity contribution in [3.05, 3.63) is 72.6 Å². The maximum Gasteiger partial charge on any atom is 0.490 e. The summed E-state index contributed by atoms with van der Waals surface area (Å²) in [6, 6.07) is 11.8. The van der Waals surface area contributed by atoms with Crippen LogP contribution in [0.4, 0.5) is 33.3 Å². The standard InChI is InChI=1S/C25H23F2N5O3S.C2HF3O2/c1-35-25-22(31-36(33,34)24-6-5-18(26)12-20(24)27)11-17(15-30-25)21-13-19-16(14-29-21)3-2-4-23(19)32-9-7-28-8-10-32;3-2(4,5)1(6)7/h2-6,11-15,28,31H,7-10H2,1H3;(H,6,7). The second kappa shape index (κ2) is 12.7. The van der Waals surface area contributed by atoms with E-state index in [1.807, 2.05) is 18.2 Å². The molecule has 3 N–H and O–H groups in total. The molecule has 3 heterocycles. The molecule has 0 unspecified atom stereocenters. The van der Waals surface area contributed by atoms with Gasteiger partial charge in [-0.1, -0.05) is 12.1 Å². The number of carboxylic acids is 1. The number of nitrogens with zero attached hydrogens (tertiary/aromatic N) is 3. The number of methoxy groups -OCH3 is 1. The van der Waals surface area contributed by atoms with Crippen molar-refractivity contribution in [2.45, 2.75) is 11.1 Å². The summed E-state index contributed by atoms with van der Waals surface area (Å²) in [7, 11) is -3.05. The van der Waals surface area contributed by atoms with Crippen molar-refractivity contribution in [3.63, 3.8) is 0 Å². The minimum Gasteiger partial charge on any atom is -0.480 e. The largest absolute Gasteiger partial charge is 0.490 e. The van der Waals surface area contributed by atoms with Gasteiger partial charge in [0.2, 0.25) is 5.88 Å². The topological polar surface area (TPSA) is 134 Å². The SMILES string of the molecule is COc1ncc(-c2cc3c(N4CCNCC4)cccc3cn2)cc1NS(=O)(=O)c1ccc(F)cc1F.O=C(O)C(F)(F)F. The van der Waals surface area contributed by atoms with Crippen LogP contribution in [0, 0.1) is 11.6 Å². The number of carbonyl (C=O) groups is 1. The molecule has 4 aromatic rings. The molecule has 0 spiro atoms. The van der Waals surface area contributed by atoms with Crippen LogP contribution in [0.15, 0.2) is 65.8 Å². The molecule has 0 saturated carbocycles. The number of pyridine rings is 2. The van der Waals surface area contributed by atoms with Crippen LogP contribution in [0.2, 0.25) is 0 Å². The van der Waals surface area contributed by atoms with E-state index in [-0.39, 0.29) is 11.6 Å². The average Bonchev–Trinajstić information content (AvgIpc) is 2.96. The number of anilines is 2. The van der Waals surface area contributed by atoms with Crippen molar-refractivity contribution in [2.75, 3.05) is 42.9 Å². The van der Waals surface area contributed by atoms with E-state index in [0.29, 0.717) is 17.3 Å². The van der Waals surface area contributed by atoms with Crippen LogP contribution in [0.1, 0.15) is 0 Å². The molecule has 5 rings (SSSR count). The van der Waals surface area contributed by atoms with Gasteiger partial charge in [0.25, 0.3) is 10.0 Å². The van der Waals surface area contributed by atoms with Gasteiger partial charge in [-0.15, -0.1) is 0 Å². The molecule has 2 aromatic carbocycles. The first-order chi connectivity index (χ1) is 20.3. The molecule has 0 atom stereocenters. The van der Waals surface area contributed by atoms with Crippen molar-refractivity contribution in [3.8, 4) is 17.1 Å². The number of piperazine rings is 1.